The summed E-state index contributed by atoms with van der Waals surface area (Å²) >= 11 is 2.34. The van der Waals surface area contributed by atoms with Crippen LogP contribution in [0.25, 0.3) is 44.8 Å². The van der Waals surface area contributed by atoms with Crippen molar-refractivity contribution in [3.63, 3.8) is 0 Å². The van der Waals surface area contributed by atoms with Gasteiger partial charge in [0.1, 0.15) is 0 Å². The molecule has 2 heteroatoms. The first-order valence-electron chi connectivity index (χ1n) is 10.7. The Bertz CT molecular complexity index is 1270. The van der Waals surface area contributed by atoms with Crippen LogP contribution in [-0.2, 0) is 0 Å². The molecule has 0 spiro atoms. The zero-order chi connectivity index (χ0) is 21.9. The van der Waals surface area contributed by atoms with E-state index in [0.29, 0.717) is 0 Å². The number of benzene rings is 4. The molecule has 5 aromatic rings. The molecule has 0 aliphatic rings. The van der Waals surface area contributed by atoms with Gasteiger partial charge in [0.2, 0.25) is 0 Å². The van der Waals surface area contributed by atoms with Crippen molar-refractivity contribution in [1.29, 1.82) is 0 Å². The van der Waals surface area contributed by atoms with Crippen molar-refractivity contribution < 1.29 is 0 Å². The third-order valence-electron chi connectivity index (χ3n) is 5.64. The second-order valence-electron chi connectivity index (χ2n) is 7.94. The molecule has 0 saturated carbocycles. The Morgan fingerprint density at radius 2 is 0.906 bits per heavy atom. The zero-order valence-corrected chi connectivity index (χ0v) is 20.0. The fraction of sp³-hybridized carbons (Fsp3) is 0.0333. The maximum Gasteiger partial charge on any atom is 0.0715 e. The summed E-state index contributed by atoms with van der Waals surface area (Å²) in [5, 5.41) is 0. The van der Waals surface area contributed by atoms with Crippen molar-refractivity contribution in [3.05, 3.63) is 124 Å². The van der Waals surface area contributed by atoms with Crippen molar-refractivity contribution >= 4 is 22.6 Å². The molecule has 32 heavy (non-hydrogen) atoms. The normalized spacial score (nSPS) is 10.8. The van der Waals surface area contributed by atoms with E-state index in [4.69, 9.17) is 4.98 Å². The van der Waals surface area contributed by atoms with E-state index in [1.165, 1.54) is 31.4 Å². The molecule has 0 atom stereocenters. The fourth-order valence-corrected chi connectivity index (χ4v) is 4.18. The van der Waals surface area contributed by atoms with E-state index >= 15 is 0 Å². The molecule has 1 aromatic heterocycles. The average Bonchev–Trinajstić information content (AvgIpc) is 2.85. The van der Waals surface area contributed by atoms with Gasteiger partial charge >= 0.3 is 0 Å². The van der Waals surface area contributed by atoms with Gasteiger partial charge in [-0.3, -0.25) is 0 Å². The summed E-state index contributed by atoms with van der Waals surface area (Å²) in [5.74, 6) is 0. The van der Waals surface area contributed by atoms with Crippen LogP contribution in [-0.4, -0.2) is 4.98 Å². The SMILES string of the molecule is Cc1ccc(-c2cc(-c3ccc(-c4ccccc4)cc3)cc(-c3ccc(I)cc3)n2)cc1. The molecule has 4 aromatic carbocycles. The number of aryl methyl sites for hydroxylation is 1. The zero-order valence-electron chi connectivity index (χ0n) is 17.8. The predicted octanol–water partition coefficient (Wildman–Crippen LogP) is 8.66. The maximum atomic E-state index is 5.02. The summed E-state index contributed by atoms with van der Waals surface area (Å²) < 4.78 is 1.22. The van der Waals surface area contributed by atoms with Gasteiger partial charge in [-0.15, -0.1) is 0 Å². The van der Waals surface area contributed by atoms with Gasteiger partial charge in [0.05, 0.1) is 11.4 Å². The van der Waals surface area contributed by atoms with Gasteiger partial charge in [0.25, 0.3) is 0 Å². The molecule has 0 aliphatic carbocycles. The van der Waals surface area contributed by atoms with Crippen molar-refractivity contribution in [2.45, 2.75) is 6.92 Å². The van der Waals surface area contributed by atoms with Crippen LogP contribution in [0, 0.1) is 10.5 Å². The summed E-state index contributed by atoms with van der Waals surface area (Å²) in [6.07, 6.45) is 0. The van der Waals surface area contributed by atoms with Crippen LogP contribution in [0.2, 0.25) is 0 Å². The lowest BCUT2D eigenvalue weighted by atomic mass is 9.97. The fourth-order valence-electron chi connectivity index (χ4n) is 3.82. The highest BCUT2D eigenvalue weighted by molar-refractivity contribution is 14.1. The maximum absolute atomic E-state index is 5.02. The first-order valence-corrected chi connectivity index (χ1v) is 11.7. The molecule has 0 aliphatic heterocycles. The van der Waals surface area contributed by atoms with E-state index < -0.39 is 0 Å². The largest absolute Gasteiger partial charge is 0.248 e. The summed E-state index contributed by atoms with van der Waals surface area (Å²) in [6.45, 7) is 2.11. The van der Waals surface area contributed by atoms with Gasteiger partial charge in [-0.05, 0) is 76.0 Å². The molecule has 0 amide bonds. The molecular weight excluding hydrogens is 501 g/mol. The van der Waals surface area contributed by atoms with Gasteiger partial charge < -0.3 is 0 Å². The summed E-state index contributed by atoms with van der Waals surface area (Å²) in [7, 11) is 0. The Morgan fingerprint density at radius 3 is 1.47 bits per heavy atom. The minimum absolute atomic E-state index is 0.988. The van der Waals surface area contributed by atoms with Gasteiger partial charge in [0.15, 0.2) is 0 Å². The Hall–Kier alpha value is -3.24. The van der Waals surface area contributed by atoms with Gasteiger partial charge in [-0.1, -0.05) is 96.6 Å². The molecule has 0 radical (unpaired) electrons. The van der Waals surface area contributed by atoms with Crippen molar-refractivity contribution in [1.82, 2.24) is 4.98 Å². The highest BCUT2D eigenvalue weighted by atomic mass is 127. The second kappa shape index (κ2) is 9.09. The van der Waals surface area contributed by atoms with Crippen LogP contribution < -0.4 is 0 Å². The topological polar surface area (TPSA) is 12.9 Å². The highest BCUT2D eigenvalue weighted by Gasteiger charge is 2.09. The van der Waals surface area contributed by atoms with E-state index in [0.717, 1.165) is 22.5 Å². The molecule has 1 nitrogen and oxygen atoms in total. The Kier molecular flexibility index (Phi) is 5.87. The molecule has 0 bridgehead atoms. The molecule has 0 saturated heterocycles. The van der Waals surface area contributed by atoms with Gasteiger partial charge in [-0.2, -0.15) is 0 Å². The van der Waals surface area contributed by atoms with Crippen LogP contribution in [0.3, 0.4) is 0 Å². The molecule has 0 unspecified atom stereocenters. The van der Waals surface area contributed by atoms with Gasteiger partial charge in [0, 0.05) is 14.7 Å². The highest BCUT2D eigenvalue weighted by Crippen LogP contribution is 2.32. The number of hydrogen-bond donors (Lipinski definition) is 0. The second-order valence-corrected chi connectivity index (χ2v) is 9.19. The number of pyridine rings is 1. The summed E-state index contributed by atoms with van der Waals surface area (Å²) in [5.41, 5.74) is 10.3. The number of halogens is 1. The standard InChI is InChI=1S/C30H22IN/c1-21-7-9-25(10-8-21)29-19-27(20-30(32-29)26-15-17-28(31)18-16-26)24-13-11-23(12-14-24)22-5-3-2-4-6-22/h2-20H,1H3. The van der Waals surface area contributed by atoms with E-state index in [1.54, 1.807) is 0 Å². The molecule has 5 rings (SSSR count). The minimum atomic E-state index is 0.988. The van der Waals surface area contributed by atoms with E-state index in [2.05, 4.69) is 139 Å². The van der Waals surface area contributed by atoms with E-state index in [-0.39, 0.29) is 0 Å². The third-order valence-corrected chi connectivity index (χ3v) is 6.36. The minimum Gasteiger partial charge on any atom is -0.248 e. The van der Waals surface area contributed by atoms with Crippen LogP contribution in [0.15, 0.2) is 115 Å². The lowest BCUT2D eigenvalue weighted by Crippen LogP contribution is -1.91. The third kappa shape index (κ3) is 4.51. The first-order chi connectivity index (χ1) is 15.7. The van der Waals surface area contributed by atoms with Crippen LogP contribution in [0.1, 0.15) is 5.56 Å². The molecular formula is C30H22IN. The van der Waals surface area contributed by atoms with Crippen LogP contribution >= 0.6 is 22.6 Å². The summed E-state index contributed by atoms with van der Waals surface area (Å²) in [6, 6.07) is 40.8. The smallest absolute Gasteiger partial charge is 0.0715 e. The first kappa shape index (κ1) is 20.7. The van der Waals surface area contributed by atoms with E-state index in [1.807, 2.05) is 6.07 Å². The Labute approximate surface area is 203 Å². The predicted molar refractivity (Wildman–Crippen MR) is 143 cm³/mol. The quantitative estimate of drug-likeness (QED) is 0.215. The molecule has 0 fully saturated rings. The van der Waals surface area contributed by atoms with Crippen molar-refractivity contribution in [3.8, 4) is 44.8 Å². The Morgan fingerprint density at radius 1 is 0.469 bits per heavy atom. The van der Waals surface area contributed by atoms with Crippen LogP contribution in [0.4, 0.5) is 0 Å². The number of nitrogens with zero attached hydrogens (tertiary/aromatic N) is 1. The molecule has 1 heterocycles. The number of hydrogen-bond acceptors (Lipinski definition) is 1. The lowest BCUT2D eigenvalue weighted by molar-refractivity contribution is 1.32. The van der Waals surface area contributed by atoms with Gasteiger partial charge in [-0.25, -0.2) is 4.98 Å². The molecule has 0 N–H and O–H groups in total. The molecule has 154 valence electrons. The Balaban J connectivity index is 1.60. The van der Waals surface area contributed by atoms with Crippen LogP contribution in [0.5, 0.6) is 0 Å². The van der Waals surface area contributed by atoms with Crippen molar-refractivity contribution in [2.24, 2.45) is 0 Å². The number of rotatable bonds is 4. The monoisotopic (exact) mass is 523 g/mol. The average molecular weight is 523 g/mol. The number of aromatic nitrogens is 1. The van der Waals surface area contributed by atoms with E-state index in [9.17, 15) is 0 Å². The van der Waals surface area contributed by atoms with Crippen molar-refractivity contribution in [2.75, 3.05) is 0 Å². The lowest BCUT2D eigenvalue weighted by Gasteiger charge is -2.11. The summed E-state index contributed by atoms with van der Waals surface area (Å²) in [4.78, 5) is 5.02.